The van der Waals surface area contributed by atoms with E-state index in [4.69, 9.17) is 4.74 Å². The first-order chi connectivity index (χ1) is 11.4. The van der Waals surface area contributed by atoms with Crippen LogP contribution in [-0.4, -0.2) is 24.5 Å². The van der Waals surface area contributed by atoms with Crippen molar-refractivity contribution in [3.05, 3.63) is 48.2 Å². The second-order valence-corrected chi connectivity index (χ2v) is 4.89. The summed E-state index contributed by atoms with van der Waals surface area (Å²) in [6, 6.07) is 9.70. The number of alkyl halides is 3. The largest absolute Gasteiger partial charge is 0.439 e. The van der Waals surface area contributed by atoms with Crippen LogP contribution < -0.4 is 15.4 Å². The molecule has 0 bridgehead atoms. The molecule has 0 saturated carbocycles. The summed E-state index contributed by atoms with van der Waals surface area (Å²) in [4.78, 5) is 15.0. The van der Waals surface area contributed by atoms with E-state index in [-0.39, 0.29) is 36.6 Å². The first-order valence-electron chi connectivity index (χ1n) is 7.15. The van der Waals surface area contributed by atoms with Crippen LogP contribution >= 0.6 is 24.8 Å². The fourth-order valence-corrected chi connectivity index (χ4v) is 1.82. The molecule has 144 valence electrons. The molecule has 2 rings (SSSR count). The number of anilines is 1. The zero-order chi connectivity index (χ0) is 17.6. The lowest BCUT2D eigenvalue weighted by atomic mass is 10.3. The molecule has 0 aliphatic carbocycles. The van der Waals surface area contributed by atoms with E-state index in [1.165, 1.54) is 24.3 Å². The molecule has 1 aromatic heterocycles. The Morgan fingerprint density at radius 3 is 2.35 bits per heavy atom. The zero-order valence-electron chi connectivity index (χ0n) is 13.7. The van der Waals surface area contributed by atoms with Crippen LogP contribution in [0.1, 0.15) is 12.1 Å². The molecule has 0 spiro atoms. The van der Waals surface area contributed by atoms with Gasteiger partial charge in [0.05, 0.1) is 0 Å². The number of ether oxygens (including phenoxy) is 1. The maximum atomic E-state index is 12.6. The Morgan fingerprint density at radius 1 is 1.12 bits per heavy atom. The van der Waals surface area contributed by atoms with Crippen molar-refractivity contribution >= 4 is 36.4 Å². The molecule has 2 aromatic rings. The number of carbonyl (C=O) groups excluding carboxylic acids is 1. The SMILES string of the molecule is CNCCC(=O)Nc1ccc(Oc2cccc(C(F)(F)F)n2)cc1.Cl.Cl. The van der Waals surface area contributed by atoms with E-state index in [9.17, 15) is 18.0 Å². The Kier molecular flexibility index (Phi) is 10.0. The molecule has 0 fully saturated rings. The summed E-state index contributed by atoms with van der Waals surface area (Å²) in [6.07, 6.45) is -4.19. The van der Waals surface area contributed by atoms with E-state index in [0.29, 0.717) is 24.4 Å². The van der Waals surface area contributed by atoms with Crippen LogP contribution in [0.3, 0.4) is 0 Å². The summed E-state index contributed by atoms with van der Waals surface area (Å²) >= 11 is 0. The molecular weight excluding hydrogens is 394 g/mol. The smallest absolute Gasteiger partial charge is 0.433 e. The van der Waals surface area contributed by atoms with Crippen molar-refractivity contribution in [2.45, 2.75) is 12.6 Å². The number of halogens is 5. The standard InChI is InChI=1S/C16H16F3N3O2.2ClH/c1-20-10-9-14(23)21-11-5-7-12(8-6-11)24-15-4-2-3-13(22-15)16(17,18)19;;/h2-8,20H,9-10H2,1H3,(H,21,23);2*1H. The Hall–Kier alpha value is -2.03. The fraction of sp³-hybridized carbons (Fsp3) is 0.250. The van der Waals surface area contributed by atoms with Crippen LogP contribution in [0.5, 0.6) is 11.6 Å². The van der Waals surface area contributed by atoms with Gasteiger partial charge in [0.25, 0.3) is 0 Å². The van der Waals surface area contributed by atoms with Gasteiger partial charge in [-0.3, -0.25) is 4.79 Å². The lowest BCUT2D eigenvalue weighted by molar-refractivity contribution is -0.141. The summed E-state index contributed by atoms with van der Waals surface area (Å²) in [5, 5.41) is 5.57. The summed E-state index contributed by atoms with van der Waals surface area (Å²) < 4.78 is 43.1. The number of pyridine rings is 1. The number of aromatic nitrogens is 1. The minimum atomic E-state index is -4.53. The first kappa shape index (κ1) is 24.0. The number of hydrogen-bond acceptors (Lipinski definition) is 4. The van der Waals surface area contributed by atoms with Crippen molar-refractivity contribution in [2.24, 2.45) is 0 Å². The fourth-order valence-electron chi connectivity index (χ4n) is 1.82. The monoisotopic (exact) mass is 411 g/mol. The van der Waals surface area contributed by atoms with Crippen molar-refractivity contribution in [3.63, 3.8) is 0 Å². The molecule has 1 amide bonds. The molecule has 0 radical (unpaired) electrons. The van der Waals surface area contributed by atoms with Gasteiger partial charge in [-0.2, -0.15) is 13.2 Å². The molecule has 0 atom stereocenters. The predicted octanol–water partition coefficient (Wildman–Crippen LogP) is 4.28. The third-order valence-electron chi connectivity index (χ3n) is 2.98. The van der Waals surface area contributed by atoms with Crippen molar-refractivity contribution in [2.75, 3.05) is 18.9 Å². The van der Waals surface area contributed by atoms with Gasteiger partial charge in [0.2, 0.25) is 11.8 Å². The number of amides is 1. The molecule has 2 N–H and O–H groups in total. The average Bonchev–Trinajstić information content (AvgIpc) is 2.54. The number of nitrogens with zero attached hydrogens (tertiary/aromatic N) is 1. The molecule has 1 aromatic carbocycles. The second kappa shape index (κ2) is 10.8. The number of hydrogen-bond donors (Lipinski definition) is 2. The molecule has 0 unspecified atom stereocenters. The van der Waals surface area contributed by atoms with Crippen molar-refractivity contribution < 1.29 is 22.7 Å². The lowest BCUT2D eigenvalue weighted by Gasteiger charge is -2.09. The van der Waals surface area contributed by atoms with Crippen LogP contribution in [0.2, 0.25) is 0 Å². The molecule has 0 saturated heterocycles. The maximum absolute atomic E-state index is 12.6. The molecule has 5 nitrogen and oxygen atoms in total. The highest BCUT2D eigenvalue weighted by Crippen LogP contribution is 2.30. The molecule has 0 aliphatic rings. The highest BCUT2D eigenvalue weighted by molar-refractivity contribution is 5.90. The van der Waals surface area contributed by atoms with Crippen molar-refractivity contribution in [1.29, 1.82) is 0 Å². The molecule has 1 heterocycles. The van der Waals surface area contributed by atoms with E-state index in [1.54, 1.807) is 19.2 Å². The number of benzene rings is 1. The zero-order valence-corrected chi connectivity index (χ0v) is 15.3. The van der Waals surface area contributed by atoms with Gasteiger partial charge in [-0.25, -0.2) is 4.98 Å². The first-order valence-corrected chi connectivity index (χ1v) is 7.15. The van der Waals surface area contributed by atoms with Crippen LogP contribution in [0.25, 0.3) is 0 Å². The van der Waals surface area contributed by atoms with Crippen LogP contribution in [0, 0.1) is 0 Å². The minimum Gasteiger partial charge on any atom is -0.439 e. The maximum Gasteiger partial charge on any atom is 0.433 e. The molecular formula is C16H18Cl2F3N3O2. The number of rotatable bonds is 6. The molecule has 0 aliphatic heterocycles. The number of nitrogens with one attached hydrogen (secondary N) is 2. The van der Waals surface area contributed by atoms with Crippen LogP contribution in [-0.2, 0) is 11.0 Å². The Morgan fingerprint density at radius 2 is 1.77 bits per heavy atom. The van der Waals surface area contributed by atoms with Gasteiger partial charge in [0.1, 0.15) is 11.4 Å². The van der Waals surface area contributed by atoms with E-state index in [0.717, 1.165) is 6.07 Å². The van der Waals surface area contributed by atoms with Crippen molar-refractivity contribution in [3.8, 4) is 11.6 Å². The number of carbonyl (C=O) groups is 1. The average molecular weight is 412 g/mol. The van der Waals surface area contributed by atoms with Gasteiger partial charge in [0.15, 0.2) is 0 Å². The highest BCUT2D eigenvalue weighted by atomic mass is 35.5. The van der Waals surface area contributed by atoms with Gasteiger partial charge in [-0.1, -0.05) is 6.07 Å². The lowest BCUT2D eigenvalue weighted by Crippen LogP contribution is -2.18. The summed E-state index contributed by atoms with van der Waals surface area (Å²) in [5.74, 6) is 0.0169. The normalized spacial score (nSPS) is 10.3. The molecule has 26 heavy (non-hydrogen) atoms. The predicted molar refractivity (Wildman–Crippen MR) is 97.4 cm³/mol. The van der Waals surface area contributed by atoms with Gasteiger partial charge < -0.3 is 15.4 Å². The topological polar surface area (TPSA) is 63.2 Å². The third kappa shape index (κ3) is 7.47. The summed E-state index contributed by atoms with van der Waals surface area (Å²) in [6.45, 7) is 0.564. The Labute approximate surface area is 161 Å². The van der Waals surface area contributed by atoms with E-state index in [2.05, 4.69) is 15.6 Å². The van der Waals surface area contributed by atoms with Crippen LogP contribution in [0.15, 0.2) is 42.5 Å². The van der Waals surface area contributed by atoms with Gasteiger partial charge >= 0.3 is 6.18 Å². The van der Waals surface area contributed by atoms with Gasteiger partial charge in [0, 0.05) is 24.7 Å². The quantitative estimate of drug-likeness (QED) is 0.744. The Balaban J connectivity index is 0.00000312. The van der Waals surface area contributed by atoms with E-state index >= 15 is 0 Å². The highest BCUT2D eigenvalue weighted by Gasteiger charge is 2.32. The van der Waals surface area contributed by atoms with E-state index < -0.39 is 11.9 Å². The van der Waals surface area contributed by atoms with E-state index in [1.807, 2.05) is 0 Å². The third-order valence-corrected chi connectivity index (χ3v) is 2.98. The summed E-state index contributed by atoms with van der Waals surface area (Å²) in [5.41, 5.74) is -0.450. The van der Waals surface area contributed by atoms with Crippen molar-refractivity contribution in [1.82, 2.24) is 10.3 Å². The van der Waals surface area contributed by atoms with Crippen LogP contribution in [0.4, 0.5) is 18.9 Å². The summed E-state index contributed by atoms with van der Waals surface area (Å²) in [7, 11) is 1.75. The van der Waals surface area contributed by atoms with Gasteiger partial charge in [-0.05, 0) is 37.4 Å². The van der Waals surface area contributed by atoms with Gasteiger partial charge in [-0.15, -0.1) is 24.8 Å². The minimum absolute atomic E-state index is 0. The molecule has 10 heteroatoms. The second-order valence-electron chi connectivity index (χ2n) is 4.89. The Bertz CT molecular complexity index is 698.